The summed E-state index contributed by atoms with van der Waals surface area (Å²) in [6.07, 6.45) is 1.44. The molecule has 0 spiro atoms. The molecule has 0 aromatic heterocycles. The molecule has 0 heterocycles. The summed E-state index contributed by atoms with van der Waals surface area (Å²) in [5.41, 5.74) is 6.58. The first kappa shape index (κ1) is 17.1. The SMILES string of the molecule is CCCC(NS(=O)(=O)CC(C)c1ccccc1)C(N)=S. The summed E-state index contributed by atoms with van der Waals surface area (Å²) in [7, 11) is -3.41. The maximum atomic E-state index is 12.2. The predicted molar refractivity (Wildman–Crippen MR) is 87.3 cm³/mol. The van der Waals surface area contributed by atoms with Gasteiger partial charge in [0.2, 0.25) is 10.0 Å². The zero-order chi connectivity index (χ0) is 15.2. The van der Waals surface area contributed by atoms with Gasteiger partial charge in [-0.1, -0.05) is 62.8 Å². The van der Waals surface area contributed by atoms with E-state index in [0.29, 0.717) is 6.42 Å². The van der Waals surface area contributed by atoms with E-state index in [1.165, 1.54) is 0 Å². The van der Waals surface area contributed by atoms with E-state index in [4.69, 9.17) is 18.0 Å². The Bertz CT molecular complexity index is 529. The summed E-state index contributed by atoms with van der Waals surface area (Å²) in [5, 5.41) is 0. The number of sulfonamides is 1. The Hall–Kier alpha value is -0.980. The molecule has 0 amide bonds. The maximum absolute atomic E-state index is 12.2. The van der Waals surface area contributed by atoms with Crippen LogP contribution in [-0.4, -0.2) is 25.2 Å². The Morgan fingerprint density at radius 1 is 1.35 bits per heavy atom. The molecule has 0 bridgehead atoms. The number of nitrogens with one attached hydrogen (secondary N) is 1. The predicted octanol–water partition coefficient (Wildman–Crippen LogP) is 2.16. The lowest BCUT2D eigenvalue weighted by atomic mass is 10.0. The number of benzene rings is 1. The van der Waals surface area contributed by atoms with Gasteiger partial charge in [0.05, 0.1) is 16.8 Å². The van der Waals surface area contributed by atoms with Crippen molar-refractivity contribution in [2.24, 2.45) is 5.73 Å². The molecule has 4 nitrogen and oxygen atoms in total. The van der Waals surface area contributed by atoms with E-state index >= 15 is 0 Å². The molecule has 3 N–H and O–H groups in total. The summed E-state index contributed by atoms with van der Waals surface area (Å²) in [4.78, 5) is 0.197. The molecule has 0 aliphatic carbocycles. The second-order valence-electron chi connectivity index (χ2n) is 4.95. The Morgan fingerprint density at radius 3 is 2.45 bits per heavy atom. The van der Waals surface area contributed by atoms with Crippen molar-refractivity contribution in [3.05, 3.63) is 35.9 Å². The van der Waals surface area contributed by atoms with Crippen molar-refractivity contribution in [1.82, 2.24) is 4.72 Å². The van der Waals surface area contributed by atoms with Crippen LogP contribution in [0.15, 0.2) is 30.3 Å². The van der Waals surface area contributed by atoms with E-state index < -0.39 is 16.1 Å². The van der Waals surface area contributed by atoms with Crippen LogP contribution in [0.25, 0.3) is 0 Å². The van der Waals surface area contributed by atoms with E-state index in [0.717, 1.165) is 12.0 Å². The second kappa shape index (κ2) is 7.71. The van der Waals surface area contributed by atoms with Crippen molar-refractivity contribution >= 4 is 27.2 Å². The maximum Gasteiger partial charge on any atom is 0.212 e. The van der Waals surface area contributed by atoms with Crippen LogP contribution in [0.5, 0.6) is 0 Å². The molecular formula is C14H22N2O2S2. The molecule has 0 saturated heterocycles. The number of hydrogen-bond donors (Lipinski definition) is 2. The minimum atomic E-state index is -3.41. The van der Waals surface area contributed by atoms with Gasteiger partial charge in [-0.25, -0.2) is 13.1 Å². The fraction of sp³-hybridized carbons (Fsp3) is 0.500. The highest BCUT2D eigenvalue weighted by Gasteiger charge is 2.22. The molecular weight excluding hydrogens is 292 g/mol. The standard InChI is InChI=1S/C14H22N2O2S2/c1-3-7-13(14(15)19)16-20(17,18)10-11(2)12-8-5-4-6-9-12/h4-6,8-9,11,13,16H,3,7,10H2,1-2H3,(H2,15,19). The highest BCUT2D eigenvalue weighted by Crippen LogP contribution is 2.16. The third-order valence-electron chi connectivity index (χ3n) is 3.08. The molecule has 0 radical (unpaired) electrons. The molecule has 1 rings (SSSR count). The van der Waals surface area contributed by atoms with E-state index in [2.05, 4.69) is 4.72 Å². The highest BCUT2D eigenvalue weighted by atomic mass is 32.2. The quantitative estimate of drug-likeness (QED) is 0.721. The topological polar surface area (TPSA) is 72.2 Å². The van der Waals surface area contributed by atoms with Gasteiger partial charge in [-0.05, 0) is 17.9 Å². The molecule has 1 aromatic rings. The summed E-state index contributed by atoms with van der Waals surface area (Å²) in [6, 6.07) is 9.12. The molecule has 2 unspecified atom stereocenters. The van der Waals surface area contributed by atoms with Gasteiger partial charge in [-0.15, -0.1) is 0 Å². The molecule has 0 saturated carbocycles. The molecule has 6 heteroatoms. The first-order valence-corrected chi connectivity index (χ1v) is 8.76. The summed E-state index contributed by atoms with van der Waals surface area (Å²) >= 11 is 4.91. The highest BCUT2D eigenvalue weighted by molar-refractivity contribution is 7.89. The van der Waals surface area contributed by atoms with Gasteiger partial charge in [-0.2, -0.15) is 0 Å². The van der Waals surface area contributed by atoms with Gasteiger partial charge in [0.1, 0.15) is 0 Å². The molecule has 0 aliphatic heterocycles. The van der Waals surface area contributed by atoms with Gasteiger partial charge in [0, 0.05) is 0 Å². The van der Waals surface area contributed by atoms with Crippen LogP contribution in [-0.2, 0) is 10.0 Å². The third kappa shape index (κ3) is 5.56. The molecule has 112 valence electrons. The minimum Gasteiger partial charge on any atom is -0.392 e. The van der Waals surface area contributed by atoms with Gasteiger partial charge in [0.15, 0.2) is 0 Å². The summed E-state index contributed by atoms with van der Waals surface area (Å²) in [5.74, 6) is -0.0536. The fourth-order valence-electron chi connectivity index (χ4n) is 2.02. The van der Waals surface area contributed by atoms with Crippen molar-refractivity contribution in [3.8, 4) is 0 Å². The Morgan fingerprint density at radius 2 is 1.95 bits per heavy atom. The van der Waals surface area contributed by atoms with Crippen molar-refractivity contribution < 1.29 is 8.42 Å². The van der Waals surface area contributed by atoms with Crippen LogP contribution in [0.3, 0.4) is 0 Å². The Labute approximate surface area is 126 Å². The normalized spacial score (nSPS) is 14.7. The largest absolute Gasteiger partial charge is 0.392 e. The summed E-state index contributed by atoms with van der Waals surface area (Å²) in [6.45, 7) is 3.86. The van der Waals surface area contributed by atoms with Crippen LogP contribution in [0.1, 0.15) is 38.2 Å². The second-order valence-corrected chi connectivity index (χ2v) is 7.22. The average molecular weight is 314 g/mol. The number of hydrogen-bond acceptors (Lipinski definition) is 3. The lowest BCUT2D eigenvalue weighted by Crippen LogP contribution is -2.44. The zero-order valence-corrected chi connectivity index (χ0v) is 13.5. The smallest absolute Gasteiger partial charge is 0.212 e. The van der Waals surface area contributed by atoms with Crippen molar-refractivity contribution in [1.29, 1.82) is 0 Å². The van der Waals surface area contributed by atoms with Gasteiger partial charge in [0.25, 0.3) is 0 Å². The summed E-state index contributed by atoms with van der Waals surface area (Å²) < 4.78 is 27.0. The lowest BCUT2D eigenvalue weighted by Gasteiger charge is -2.19. The van der Waals surface area contributed by atoms with Crippen molar-refractivity contribution in [2.75, 3.05) is 5.75 Å². The Balaban J connectivity index is 2.72. The van der Waals surface area contributed by atoms with Crippen LogP contribution in [0.4, 0.5) is 0 Å². The van der Waals surface area contributed by atoms with Crippen molar-refractivity contribution in [2.45, 2.75) is 38.6 Å². The van der Waals surface area contributed by atoms with Crippen LogP contribution < -0.4 is 10.5 Å². The first-order valence-electron chi connectivity index (χ1n) is 6.70. The van der Waals surface area contributed by atoms with E-state index in [1.807, 2.05) is 44.2 Å². The third-order valence-corrected chi connectivity index (χ3v) is 4.95. The van der Waals surface area contributed by atoms with Crippen molar-refractivity contribution in [3.63, 3.8) is 0 Å². The molecule has 1 aromatic carbocycles. The number of nitrogens with two attached hydrogens (primary N) is 1. The van der Waals surface area contributed by atoms with Crippen LogP contribution >= 0.6 is 12.2 Å². The fourth-order valence-corrected chi connectivity index (χ4v) is 3.90. The van der Waals surface area contributed by atoms with E-state index in [9.17, 15) is 8.42 Å². The van der Waals surface area contributed by atoms with E-state index in [-0.39, 0.29) is 16.7 Å². The average Bonchev–Trinajstić information content (AvgIpc) is 2.38. The first-order chi connectivity index (χ1) is 9.35. The molecule has 0 aliphatic rings. The monoisotopic (exact) mass is 314 g/mol. The molecule has 2 atom stereocenters. The zero-order valence-electron chi connectivity index (χ0n) is 11.9. The lowest BCUT2D eigenvalue weighted by molar-refractivity contribution is 0.562. The number of thiocarbonyl (C=S) groups is 1. The van der Waals surface area contributed by atoms with Gasteiger partial charge in [-0.3, -0.25) is 0 Å². The van der Waals surface area contributed by atoms with E-state index in [1.54, 1.807) is 0 Å². The Kier molecular flexibility index (Phi) is 6.58. The number of rotatable bonds is 8. The van der Waals surface area contributed by atoms with Gasteiger partial charge >= 0.3 is 0 Å². The molecule has 20 heavy (non-hydrogen) atoms. The van der Waals surface area contributed by atoms with Crippen LogP contribution in [0, 0.1) is 0 Å². The molecule has 0 fully saturated rings. The van der Waals surface area contributed by atoms with Crippen LogP contribution in [0.2, 0.25) is 0 Å². The minimum absolute atomic E-state index is 0.0276. The van der Waals surface area contributed by atoms with Gasteiger partial charge < -0.3 is 5.73 Å².